The first-order valence-electron chi connectivity index (χ1n) is 7.32. The molecule has 1 aromatic carbocycles. The average molecular weight is 292 g/mol. The minimum atomic E-state index is -0.383. The predicted octanol–water partition coefficient (Wildman–Crippen LogP) is 3.14. The molecule has 0 saturated carbocycles. The quantitative estimate of drug-likeness (QED) is 0.508. The zero-order chi connectivity index (χ0) is 15.6. The number of nitrogens with zero attached hydrogens (tertiary/aromatic N) is 2. The monoisotopic (exact) mass is 292 g/mol. The normalized spacial score (nSPS) is 16.9. The van der Waals surface area contributed by atoms with Gasteiger partial charge in [0.25, 0.3) is 5.69 Å². The van der Waals surface area contributed by atoms with Crippen LogP contribution >= 0.6 is 0 Å². The SMILES string of the molecule is CC(C)(C)C1CCN(c2cc(NN)cc([N+](=O)[O-])c2)CC1. The standard InChI is InChI=1S/C15H24N4O2/c1-15(2,3)11-4-6-18(7-5-11)13-8-12(17-16)9-14(10-13)19(20)21/h8-11,17H,4-7,16H2,1-3H3. The van der Waals surface area contributed by atoms with Crippen molar-refractivity contribution in [3.05, 3.63) is 28.3 Å². The van der Waals surface area contributed by atoms with Crippen LogP contribution in [0.1, 0.15) is 33.6 Å². The summed E-state index contributed by atoms with van der Waals surface area (Å²) in [5, 5.41) is 11.0. The number of nitro benzene ring substituents is 1. The topological polar surface area (TPSA) is 84.4 Å². The van der Waals surface area contributed by atoms with Gasteiger partial charge in [-0.25, -0.2) is 0 Å². The van der Waals surface area contributed by atoms with Crippen molar-refractivity contribution < 1.29 is 4.92 Å². The first-order valence-corrected chi connectivity index (χ1v) is 7.32. The fraction of sp³-hybridized carbons (Fsp3) is 0.600. The number of nitrogens with one attached hydrogen (secondary N) is 1. The van der Waals surface area contributed by atoms with E-state index in [9.17, 15) is 10.1 Å². The fourth-order valence-electron chi connectivity index (χ4n) is 2.97. The van der Waals surface area contributed by atoms with Gasteiger partial charge in [0.2, 0.25) is 0 Å². The number of hydrazine groups is 1. The van der Waals surface area contributed by atoms with E-state index < -0.39 is 0 Å². The highest BCUT2D eigenvalue weighted by atomic mass is 16.6. The molecule has 6 nitrogen and oxygen atoms in total. The second kappa shape index (κ2) is 5.89. The first kappa shape index (κ1) is 15.6. The fourth-order valence-corrected chi connectivity index (χ4v) is 2.97. The summed E-state index contributed by atoms with van der Waals surface area (Å²) in [5.74, 6) is 6.10. The zero-order valence-electron chi connectivity index (χ0n) is 12.9. The molecule has 6 heteroatoms. The van der Waals surface area contributed by atoms with Crippen molar-refractivity contribution in [2.75, 3.05) is 23.4 Å². The van der Waals surface area contributed by atoms with Gasteiger partial charge in [0.1, 0.15) is 0 Å². The van der Waals surface area contributed by atoms with E-state index in [4.69, 9.17) is 5.84 Å². The van der Waals surface area contributed by atoms with Crippen molar-refractivity contribution in [2.24, 2.45) is 17.2 Å². The van der Waals surface area contributed by atoms with Gasteiger partial charge in [-0.3, -0.25) is 16.0 Å². The maximum absolute atomic E-state index is 11.0. The van der Waals surface area contributed by atoms with Crippen molar-refractivity contribution in [1.82, 2.24) is 0 Å². The Hall–Kier alpha value is -1.82. The maximum Gasteiger partial charge on any atom is 0.273 e. The van der Waals surface area contributed by atoms with Gasteiger partial charge in [0, 0.05) is 30.9 Å². The van der Waals surface area contributed by atoms with Crippen molar-refractivity contribution in [1.29, 1.82) is 0 Å². The molecule has 1 heterocycles. The first-order chi connectivity index (χ1) is 9.81. The van der Waals surface area contributed by atoms with Crippen molar-refractivity contribution in [2.45, 2.75) is 33.6 Å². The molecule has 0 bridgehead atoms. The highest BCUT2D eigenvalue weighted by Crippen LogP contribution is 2.36. The average Bonchev–Trinajstić information content (AvgIpc) is 2.46. The summed E-state index contributed by atoms with van der Waals surface area (Å²) < 4.78 is 0. The van der Waals surface area contributed by atoms with Crippen LogP contribution in [-0.2, 0) is 0 Å². The van der Waals surface area contributed by atoms with E-state index in [1.54, 1.807) is 6.07 Å². The molecule has 1 aliphatic rings. The minimum absolute atomic E-state index is 0.0680. The lowest BCUT2D eigenvalue weighted by Crippen LogP contribution is -2.38. The summed E-state index contributed by atoms with van der Waals surface area (Å²) in [6.07, 6.45) is 2.22. The minimum Gasteiger partial charge on any atom is -0.371 e. The van der Waals surface area contributed by atoms with Gasteiger partial charge >= 0.3 is 0 Å². The van der Waals surface area contributed by atoms with Gasteiger partial charge in [-0.1, -0.05) is 20.8 Å². The van der Waals surface area contributed by atoms with Crippen LogP contribution in [0.4, 0.5) is 17.1 Å². The summed E-state index contributed by atoms with van der Waals surface area (Å²) in [5.41, 5.74) is 4.32. The third-order valence-electron chi connectivity index (χ3n) is 4.36. The van der Waals surface area contributed by atoms with Crippen LogP contribution in [0.25, 0.3) is 0 Å². The number of rotatable bonds is 3. The van der Waals surface area contributed by atoms with Crippen molar-refractivity contribution in [3.8, 4) is 0 Å². The highest BCUT2D eigenvalue weighted by molar-refractivity contribution is 5.64. The Bertz CT molecular complexity index is 517. The third-order valence-corrected chi connectivity index (χ3v) is 4.36. The van der Waals surface area contributed by atoms with Crippen molar-refractivity contribution in [3.63, 3.8) is 0 Å². The molecule has 0 aliphatic carbocycles. The van der Waals surface area contributed by atoms with Crippen LogP contribution in [0.2, 0.25) is 0 Å². The predicted molar refractivity (Wildman–Crippen MR) is 85.3 cm³/mol. The number of hydrogen-bond acceptors (Lipinski definition) is 5. The molecular formula is C15H24N4O2. The maximum atomic E-state index is 11.0. The van der Waals surface area contributed by atoms with Gasteiger partial charge in [0.15, 0.2) is 0 Å². The summed E-state index contributed by atoms with van der Waals surface area (Å²) in [6.45, 7) is 8.67. The van der Waals surface area contributed by atoms with Gasteiger partial charge < -0.3 is 10.3 Å². The van der Waals surface area contributed by atoms with Crippen LogP contribution in [-0.4, -0.2) is 18.0 Å². The third kappa shape index (κ3) is 3.64. The van der Waals surface area contributed by atoms with Crippen molar-refractivity contribution >= 4 is 17.1 Å². The summed E-state index contributed by atoms with van der Waals surface area (Å²) in [7, 11) is 0. The lowest BCUT2D eigenvalue weighted by Gasteiger charge is -2.39. The number of non-ortho nitro benzene ring substituents is 1. The Morgan fingerprint density at radius 1 is 1.29 bits per heavy atom. The summed E-state index contributed by atoms with van der Waals surface area (Å²) >= 11 is 0. The van der Waals surface area contributed by atoms with E-state index in [-0.39, 0.29) is 10.6 Å². The highest BCUT2D eigenvalue weighted by Gasteiger charge is 2.29. The summed E-state index contributed by atoms with van der Waals surface area (Å²) in [6, 6.07) is 4.94. The molecule has 1 saturated heterocycles. The molecule has 1 aromatic rings. The second-order valence-electron chi connectivity index (χ2n) is 6.77. The Labute approximate surface area is 125 Å². The molecule has 1 aliphatic heterocycles. The molecular weight excluding hydrogens is 268 g/mol. The molecule has 3 N–H and O–H groups in total. The van der Waals surface area contributed by atoms with E-state index in [1.165, 1.54) is 6.07 Å². The number of nitro groups is 1. The van der Waals surface area contributed by atoms with Gasteiger partial charge in [-0.05, 0) is 30.2 Å². The number of anilines is 2. The van der Waals surface area contributed by atoms with Crippen LogP contribution in [0.5, 0.6) is 0 Å². The Morgan fingerprint density at radius 2 is 1.90 bits per heavy atom. The number of nitrogens with two attached hydrogens (primary N) is 1. The van der Waals surface area contributed by atoms with Crippen LogP contribution in [0, 0.1) is 21.4 Å². The summed E-state index contributed by atoms with van der Waals surface area (Å²) in [4.78, 5) is 12.8. The Kier molecular flexibility index (Phi) is 4.37. The Balaban J connectivity index is 2.16. The lowest BCUT2D eigenvalue weighted by molar-refractivity contribution is -0.384. The number of piperidine rings is 1. The second-order valence-corrected chi connectivity index (χ2v) is 6.77. The van der Waals surface area contributed by atoms with E-state index >= 15 is 0 Å². The van der Waals surface area contributed by atoms with Gasteiger partial charge in [-0.2, -0.15) is 0 Å². The molecule has 21 heavy (non-hydrogen) atoms. The lowest BCUT2D eigenvalue weighted by atomic mass is 9.75. The molecule has 2 rings (SSSR count). The molecule has 0 amide bonds. The molecule has 1 fully saturated rings. The van der Waals surface area contributed by atoms with Crippen LogP contribution in [0.3, 0.4) is 0 Å². The number of benzene rings is 1. The Morgan fingerprint density at radius 3 is 2.38 bits per heavy atom. The van der Waals surface area contributed by atoms with E-state index in [2.05, 4.69) is 31.1 Å². The zero-order valence-corrected chi connectivity index (χ0v) is 12.9. The molecule has 0 unspecified atom stereocenters. The van der Waals surface area contributed by atoms with Gasteiger partial charge in [-0.15, -0.1) is 0 Å². The molecule has 116 valence electrons. The molecule has 0 aromatic heterocycles. The number of hydrogen-bond donors (Lipinski definition) is 2. The molecule has 0 radical (unpaired) electrons. The molecule has 0 spiro atoms. The smallest absolute Gasteiger partial charge is 0.273 e. The van der Waals surface area contributed by atoms with E-state index in [1.807, 2.05) is 6.07 Å². The van der Waals surface area contributed by atoms with E-state index in [0.717, 1.165) is 31.6 Å². The van der Waals surface area contributed by atoms with Crippen LogP contribution in [0.15, 0.2) is 18.2 Å². The van der Waals surface area contributed by atoms with Gasteiger partial charge in [0.05, 0.1) is 10.6 Å². The molecule has 0 atom stereocenters. The van der Waals surface area contributed by atoms with E-state index in [0.29, 0.717) is 17.0 Å². The largest absolute Gasteiger partial charge is 0.371 e. The van der Waals surface area contributed by atoms with Crippen LogP contribution < -0.4 is 16.2 Å². The number of nitrogen functional groups attached to an aromatic ring is 1.